The normalized spacial score (nSPS) is 19.1. The average Bonchev–Trinajstić information content (AvgIpc) is 3.96. The number of anilines is 8. The van der Waals surface area contributed by atoms with Crippen LogP contribution in [0, 0.1) is 6.92 Å². The molecule has 0 amide bonds. The maximum atomic E-state index is 6.65. The molecule has 0 N–H and O–H groups in total. The molecule has 3 aliphatic heterocycles. The first kappa shape index (κ1) is 46.8. The Hall–Kier alpha value is -6.98. The van der Waals surface area contributed by atoms with E-state index < -0.39 is 0 Å². The number of fused-ring (bicyclic) bond motifs is 10. The Kier molecular flexibility index (Phi) is 10.1. The smallest absolute Gasteiger partial charge is 0.252 e. The summed E-state index contributed by atoms with van der Waals surface area (Å²) in [7, 11) is 0. The van der Waals surface area contributed by atoms with Crippen LogP contribution in [0.2, 0.25) is 0 Å². The Morgan fingerprint density at radius 2 is 1.07 bits per heavy atom. The molecule has 5 heteroatoms. The van der Waals surface area contributed by atoms with Crippen LogP contribution in [0.15, 0.2) is 162 Å². The van der Waals surface area contributed by atoms with Crippen LogP contribution >= 0.6 is 0 Å². The van der Waals surface area contributed by atoms with E-state index in [1.807, 2.05) is 0 Å². The van der Waals surface area contributed by atoms with Crippen molar-refractivity contribution in [2.24, 2.45) is 0 Å². The van der Waals surface area contributed by atoms with Gasteiger partial charge in [-0.1, -0.05) is 173 Å². The highest BCUT2D eigenvalue weighted by molar-refractivity contribution is 7.00. The van der Waals surface area contributed by atoms with Crippen LogP contribution in [0.4, 0.5) is 45.5 Å². The molecule has 9 aromatic rings. The summed E-state index contributed by atoms with van der Waals surface area (Å²) in [5.41, 5.74) is 24.6. The second kappa shape index (κ2) is 16.0. The van der Waals surface area contributed by atoms with Crippen LogP contribution < -0.4 is 31.1 Å². The number of nitrogens with zero attached hydrogens (tertiary/aromatic N) is 3. The molecule has 2 atom stereocenters. The molecule has 1 fully saturated rings. The van der Waals surface area contributed by atoms with Crippen molar-refractivity contribution in [3.8, 4) is 11.1 Å². The van der Waals surface area contributed by atoms with E-state index in [-0.39, 0.29) is 33.9 Å². The zero-order valence-electron chi connectivity index (χ0n) is 45.7. The molecule has 0 spiro atoms. The minimum atomic E-state index is -0.109. The van der Waals surface area contributed by atoms with Crippen molar-refractivity contribution in [3.63, 3.8) is 0 Å². The number of benzene rings is 8. The Labute approximate surface area is 440 Å². The predicted octanol–water partition coefficient (Wildman–Crippen LogP) is 17.3. The molecular formula is C69H70BN3O. The van der Waals surface area contributed by atoms with Gasteiger partial charge < -0.3 is 19.1 Å². The van der Waals surface area contributed by atoms with Gasteiger partial charge in [-0.2, -0.15) is 0 Å². The second-order valence-electron chi connectivity index (χ2n) is 25.8. The van der Waals surface area contributed by atoms with E-state index >= 15 is 0 Å². The predicted molar refractivity (Wildman–Crippen MR) is 317 cm³/mol. The molecular weight excluding hydrogens is 898 g/mol. The summed E-state index contributed by atoms with van der Waals surface area (Å²) >= 11 is 0. The number of aryl methyl sites for hydroxylation is 1. The number of furan rings is 1. The largest absolute Gasteiger partial charge is 0.456 e. The molecule has 0 bridgehead atoms. The van der Waals surface area contributed by atoms with Crippen LogP contribution in [-0.2, 0) is 21.7 Å². The Morgan fingerprint density at radius 1 is 0.486 bits per heavy atom. The van der Waals surface area contributed by atoms with Crippen molar-refractivity contribution >= 4 is 90.5 Å². The van der Waals surface area contributed by atoms with Gasteiger partial charge in [-0.3, -0.25) is 0 Å². The topological polar surface area (TPSA) is 22.9 Å². The van der Waals surface area contributed by atoms with E-state index in [1.165, 1.54) is 114 Å². The maximum Gasteiger partial charge on any atom is 0.252 e. The standard InChI is InChI=1S/C69H70BN3O/c1-43-37-59-64-60(38-43)72(56-24-20-26-62-63(56)49-23-16-17-25-61(49)74-62)57-41-47(67(8,9)10)27-31-52(57)70(64)53-32-30-48(73-55-34-29-46(66(5,6)7)40-51(55)68(11)35-18-19-36-69(68,73)12)42-58(53)71(59)54-33-28-45(65(2,3)4)39-50(54)44-21-14-13-15-22-44/h13-17,20-34,37-42H,18-19,35-36H2,1-12H3. The highest BCUT2D eigenvalue weighted by atomic mass is 16.3. The SMILES string of the molecule is Cc1cc2c3c(c1)N(c1cccc4oc5ccccc5c14)c1cc(C(C)(C)C)ccc1B3c1ccc(N3c4ccc(C(C)(C)C)cc4C4(C)CCCCC34C)cc1N2c1ccc(C(C)(C)C)cc1-c1ccccc1. The zero-order chi connectivity index (χ0) is 51.4. The van der Waals surface area contributed by atoms with E-state index in [2.05, 4.69) is 256 Å². The number of hydrogen-bond acceptors (Lipinski definition) is 4. The monoisotopic (exact) mass is 968 g/mol. The Bertz CT molecular complexity index is 3770. The molecule has 0 saturated heterocycles. The lowest BCUT2D eigenvalue weighted by atomic mass is 9.33. The lowest BCUT2D eigenvalue weighted by Gasteiger charge is -2.51. The summed E-state index contributed by atoms with van der Waals surface area (Å²) in [4.78, 5) is 8.04. The van der Waals surface area contributed by atoms with Crippen molar-refractivity contribution in [1.82, 2.24) is 0 Å². The van der Waals surface area contributed by atoms with Gasteiger partial charge in [0.25, 0.3) is 6.71 Å². The summed E-state index contributed by atoms with van der Waals surface area (Å²) in [6.45, 7) is 28.5. The molecule has 13 rings (SSSR count). The highest BCUT2D eigenvalue weighted by Crippen LogP contribution is 2.62. The molecule has 1 aliphatic carbocycles. The molecule has 8 aromatic carbocycles. The quantitative estimate of drug-likeness (QED) is 0.164. The first-order valence-electron chi connectivity index (χ1n) is 27.3. The molecule has 4 nitrogen and oxygen atoms in total. The van der Waals surface area contributed by atoms with E-state index in [1.54, 1.807) is 0 Å². The molecule has 2 unspecified atom stereocenters. The van der Waals surface area contributed by atoms with Gasteiger partial charge in [-0.25, -0.2) is 0 Å². The van der Waals surface area contributed by atoms with Crippen molar-refractivity contribution in [2.45, 2.75) is 136 Å². The maximum absolute atomic E-state index is 6.65. The van der Waals surface area contributed by atoms with Crippen molar-refractivity contribution in [3.05, 3.63) is 186 Å². The molecule has 4 aliphatic rings. The van der Waals surface area contributed by atoms with Crippen molar-refractivity contribution in [2.75, 3.05) is 14.7 Å². The van der Waals surface area contributed by atoms with E-state index in [0.717, 1.165) is 34.0 Å². The third-order valence-electron chi connectivity index (χ3n) is 18.1. The van der Waals surface area contributed by atoms with Gasteiger partial charge in [0.1, 0.15) is 11.2 Å². The summed E-state index contributed by atoms with van der Waals surface area (Å²) in [5, 5.41) is 2.26. The van der Waals surface area contributed by atoms with Crippen LogP contribution in [0.3, 0.4) is 0 Å². The fraction of sp³-hybridized carbons (Fsp3) is 0.304. The van der Waals surface area contributed by atoms with Gasteiger partial charge >= 0.3 is 0 Å². The third-order valence-corrected chi connectivity index (χ3v) is 18.1. The number of para-hydroxylation sites is 1. The van der Waals surface area contributed by atoms with Gasteiger partial charge in [0.05, 0.1) is 22.3 Å². The van der Waals surface area contributed by atoms with Gasteiger partial charge in [0, 0.05) is 50.5 Å². The zero-order valence-corrected chi connectivity index (χ0v) is 45.7. The number of hydrogen-bond donors (Lipinski definition) is 0. The van der Waals surface area contributed by atoms with Gasteiger partial charge in [0.15, 0.2) is 0 Å². The van der Waals surface area contributed by atoms with Gasteiger partial charge in [-0.05, 0) is 159 Å². The Balaban J connectivity index is 1.13. The first-order valence-corrected chi connectivity index (χ1v) is 27.3. The van der Waals surface area contributed by atoms with E-state index in [9.17, 15) is 0 Å². The Morgan fingerprint density at radius 3 is 1.78 bits per heavy atom. The summed E-state index contributed by atoms with van der Waals surface area (Å²) < 4.78 is 6.65. The lowest BCUT2D eigenvalue weighted by molar-refractivity contribution is 0.195. The van der Waals surface area contributed by atoms with Gasteiger partial charge in [0.2, 0.25) is 0 Å². The molecule has 0 radical (unpaired) electrons. The van der Waals surface area contributed by atoms with Crippen LogP contribution in [0.25, 0.3) is 33.1 Å². The summed E-state index contributed by atoms with van der Waals surface area (Å²) in [5.74, 6) is 0. The molecule has 4 heterocycles. The molecule has 370 valence electrons. The van der Waals surface area contributed by atoms with Crippen molar-refractivity contribution in [1.29, 1.82) is 0 Å². The minimum Gasteiger partial charge on any atom is -0.456 e. The van der Waals surface area contributed by atoms with Crippen LogP contribution in [0.5, 0.6) is 0 Å². The third kappa shape index (κ3) is 6.80. The van der Waals surface area contributed by atoms with Gasteiger partial charge in [-0.15, -0.1) is 0 Å². The second-order valence-corrected chi connectivity index (χ2v) is 25.8. The molecule has 1 saturated carbocycles. The fourth-order valence-corrected chi connectivity index (χ4v) is 13.8. The first-order chi connectivity index (χ1) is 35.2. The van der Waals surface area contributed by atoms with E-state index in [0.29, 0.717) is 0 Å². The molecule has 1 aromatic heterocycles. The summed E-state index contributed by atoms with van der Waals surface area (Å²) in [6.07, 6.45) is 4.80. The van der Waals surface area contributed by atoms with E-state index in [4.69, 9.17) is 4.42 Å². The van der Waals surface area contributed by atoms with Crippen molar-refractivity contribution < 1.29 is 4.42 Å². The minimum absolute atomic E-state index is 0.000980. The lowest BCUT2D eigenvalue weighted by Crippen LogP contribution is -2.61. The highest BCUT2D eigenvalue weighted by Gasteiger charge is 2.58. The number of rotatable bonds is 4. The van der Waals surface area contributed by atoms with Crippen LogP contribution in [-0.4, -0.2) is 12.3 Å². The van der Waals surface area contributed by atoms with Crippen LogP contribution in [0.1, 0.15) is 130 Å². The summed E-state index contributed by atoms with van der Waals surface area (Å²) in [6, 6.07) is 60.9. The fourth-order valence-electron chi connectivity index (χ4n) is 13.8. The molecule has 74 heavy (non-hydrogen) atoms. The average molecular weight is 968 g/mol.